The topological polar surface area (TPSA) is 41.6 Å². The zero-order valence-electron chi connectivity index (χ0n) is 12.5. The number of benzene rings is 1. The number of halogens is 2. The molecule has 0 radical (unpaired) electrons. The number of hydrogen-bond donors (Lipinski definition) is 1. The van der Waals surface area contributed by atoms with Crippen molar-refractivity contribution >= 4 is 29.9 Å². The summed E-state index contributed by atoms with van der Waals surface area (Å²) in [6.45, 7) is 3.84. The van der Waals surface area contributed by atoms with Crippen LogP contribution in [0, 0.1) is 5.92 Å². The summed E-state index contributed by atoms with van der Waals surface area (Å²) in [7, 11) is 0. The van der Waals surface area contributed by atoms with Crippen molar-refractivity contribution in [2.24, 2.45) is 5.92 Å². The van der Waals surface area contributed by atoms with Crippen LogP contribution in [0.5, 0.6) is 0 Å². The summed E-state index contributed by atoms with van der Waals surface area (Å²) in [5.74, 6) is 0.467. The Morgan fingerprint density at radius 3 is 2.59 bits per heavy atom. The smallest absolute Gasteiger partial charge is 0.225 e. The third-order valence-electron chi connectivity index (χ3n) is 4.31. The van der Waals surface area contributed by atoms with E-state index in [1.54, 1.807) is 0 Å². The van der Waals surface area contributed by atoms with Gasteiger partial charge in [0.25, 0.3) is 0 Å². The van der Waals surface area contributed by atoms with Crippen molar-refractivity contribution in [3.05, 3.63) is 34.9 Å². The molecule has 3 rings (SSSR count). The Kier molecular flexibility index (Phi) is 6.50. The zero-order chi connectivity index (χ0) is 14.7. The van der Waals surface area contributed by atoms with Crippen LogP contribution < -0.4 is 5.32 Å². The molecule has 2 heterocycles. The van der Waals surface area contributed by atoms with Crippen LogP contribution in [0.4, 0.5) is 0 Å². The summed E-state index contributed by atoms with van der Waals surface area (Å²) in [6.07, 6.45) is 1.85. The first kappa shape index (κ1) is 17.5. The molecule has 1 N–H and O–H groups in total. The standard InChI is InChI=1S/C16H21ClN2O2.ClH/c17-14-3-1-12(2-4-14)15-11-19(9-10-21-15)16(20)13-5-7-18-8-6-13;/h1-4,13,15,18H,5-11H2;1H. The number of morpholine rings is 1. The fraction of sp³-hybridized carbons (Fsp3) is 0.562. The van der Waals surface area contributed by atoms with Crippen molar-refractivity contribution in [2.45, 2.75) is 18.9 Å². The Balaban J connectivity index is 0.00000176. The summed E-state index contributed by atoms with van der Waals surface area (Å²) < 4.78 is 5.82. The van der Waals surface area contributed by atoms with E-state index in [-0.39, 0.29) is 24.4 Å². The predicted molar refractivity (Wildman–Crippen MR) is 89.6 cm³/mol. The molecule has 0 aromatic heterocycles. The second kappa shape index (κ2) is 8.16. The normalized spacial score (nSPS) is 23.0. The monoisotopic (exact) mass is 344 g/mol. The van der Waals surface area contributed by atoms with E-state index < -0.39 is 0 Å². The molecule has 2 aliphatic rings. The number of ether oxygens (including phenoxy) is 1. The fourth-order valence-corrected chi connectivity index (χ4v) is 3.18. The van der Waals surface area contributed by atoms with E-state index in [4.69, 9.17) is 16.3 Å². The molecular weight excluding hydrogens is 323 g/mol. The van der Waals surface area contributed by atoms with E-state index in [1.165, 1.54) is 0 Å². The molecule has 0 aliphatic carbocycles. The summed E-state index contributed by atoms with van der Waals surface area (Å²) in [5.41, 5.74) is 1.09. The van der Waals surface area contributed by atoms with E-state index >= 15 is 0 Å². The number of piperidine rings is 1. The fourth-order valence-electron chi connectivity index (χ4n) is 3.06. The molecule has 1 amide bonds. The Morgan fingerprint density at radius 2 is 1.91 bits per heavy atom. The van der Waals surface area contributed by atoms with Gasteiger partial charge in [-0.25, -0.2) is 0 Å². The molecule has 1 aromatic carbocycles. The van der Waals surface area contributed by atoms with Crippen LogP contribution >= 0.6 is 24.0 Å². The molecule has 1 aromatic rings. The van der Waals surface area contributed by atoms with Crippen LogP contribution in [0.3, 0.4) is 0 Å². The zero-order valence-corrected chi connectivity index (χ0v) is 14.0. The first-order valence-electron chi connectivity index (χ1n) is 7.60. The maximum absolute atomic E-state index is 12.6. The minimum absolute atomic E-state index is 0. The molecule has 2 saturated heterocycles. The van der Waals surface area contributed by atoms with Gasteiger partial charge in [0.05, 0.1) is 13.2 Å². The van der Waals surface area contributed by atoms with Crippen molar-refractivity contribution in [2.75, 3.05) is 32.8 Å². The van der Waals surface area contributed by atoms with Gasteiger partial charge in [-0.15, -0.1) is 12.4 Å². The highest BCUT2D eigenvalue weighted by atomic mass is 35.5. The SMILES string of the molecule is Cl.O=C(C1CCNCC1)N1CCOC(c2ccc(Cl)cc2)C1. The molecule has 22 heavy (non-hydrogen) atoms. The summed E-state index contributed by atoms with van der Waals surface area (Å²) in [5, 5.41) is 4.02. The number of hydrogen-bond acceptors (Lipinski definition) is 3. The molecule has 2 fully saturated rings. The quantitative estimate of drug-likeness (QED) is 0.896. The average molecular weight is 345 g/mol. The third kappa shape index (κ3) is 4.13. The first-order valence-corrected chi connectivity index (χ1v) is 7.98. The highest BCUT2D eigenvalue weighted by Crippen LogP contribution is 2.25. The van der Waals surface area contributed by atoms with Gasteiger partial charge in [-0.1, -0.05) is 23.7 Å². The molecule has 0 bridgehead atoms. The van der Waals surface area contributed by atoms with Gasteiger partial charge in [0, 0.05) is 17.5 Å². The average Bonchev–Trinajstić information content (AvgIpc) is 2.56. The number of nitrogens with one attached hydrogen (secondary N) is 1. The van der Waals surface area contributed by atoms with Crippen molar-refractivity contribution in [1.29, 1.82) is 0 Å². The van der Waals surface area contributed by atoms with Gasteiger partial charge in [-0.3, -0.25) is 4.79 Å². The van der Waals surface area contributed by atoms with E-state index in [0.717, 1.165) is 36.5 Å². The number of carbonyl (C=O) groups is 1. The summed E-state index contributed by atoms with van der Waals surface area (Å²) in [6, 6.07) is 7.69. The molecule has 1 atom stereocenters. The minimum atomic E-state index is -0.0401. The Morgan fingerprint density at radius 1 is 1.23 bits per heavy atom. The number of carbonyl (C=O) groups excluding carboxylic acids is 1. The minimum Gasteiger partial charge on any atom is -0.370 e. The van der Waals surface area contributed by atoms with Gasteiger partial charge in [0.15, 0.2) is 0 Å². The first-order chi connectivity index (χ1) is 10.2. The van der Waals surface area contributed by atoms with Crippen molar-refractivity contribution in [1.82, 2.24) is 10.2 Å². The van der Waals surface area contributed by atoms with Gasteiger partial charge >= 0.3 is 0 Å². The molecule has 0 spiro atoms. The lowest BCUT2D eigenvalue weighted by molar-refractivity contribution is -0.144. The maximum Gasteiger partial charge on any atom is 0.225 e. The number of nitrogens with zero attached hydrogens (tertiary/aromatic N) is 1. The van der Waals surface area contributed by atoms with E-state index in [2.05, 4.69) is 5.32 Å². The lowest BCUT2D eigenvalue weighted by Crippen LogP contribution is -2.47. The largest absolute Gasteiger partial charge is 0.370 e. The predicted octanol–water partition coefficient (Wildman–Crippen LogP) is 2.66. The highest BCUT2D eigenvalue weighted by molar-refractivity contribution is 6.30. The van der Waals surface area contributed by atoms with Gasteiger partial charge < -0.3 is 15.0 Å². The molecular formula is C16H22Cl2N2O2. The van der Waals surface area contributed by atoms with E-state index in [1.807, 2.05) is 29.2 Å². The van der Waals surface area contributed by atoms with Gasteiger partial charge in [-0.2, -0.15) is 0 Å². The lowest BCUT2D eigenvalue weighted by Gasteiger charge is -2.36. The molecule has 2 aliphatic heterocycles. The van der Waals surface area contributed by atoms with Crippen molar-refractivity contribution < 1.29 is 9.53 Å². The summed E-state index contributed by atoms with van der Waals surface area (Å²) >= 11 is 5.92. The van der Waals surface area contributed by atoms with Crippen molar-refractivity contribution in [3.8, 4) is 0 Å². The van der Waals surface area contributed by atoms with Crippen LogP contribution in [0.15, 0.2) is 24.3 Å². The molecule has 122 valence electrons. The van der Waals surface area contributed by atoms with Crippen LogP contribution in [0.25, 0.3) is 0 Å². The van der Waals surface area contributed by atoms with E-state index in [9.17, 15) is 4.79 Å². The Bertz CT molecular complexity index is 489. The van der Waals surface area contributed by atoms with E-state index in [0.29, 0.717) is 25.6 Å². The number of rotatable bonds is 2. The van der Waals surface area contributed by atoms with Crippen LogP contribution in [0.2, 0.25) is 5.02 Å². The van der Waals surface area contributed by atoms with Gasteiger partial charge in [-0.05, 0) is 43.6 Å². The van der Waals surface area contributed by atoms with Crippen LogP contribution in [-0.2, 0) is 9.53 Å². The molecule has 1 unspecified atom stereocenters. The Hall–Kier alpha value is -0.810. The van der Waals surface area contributed by atoms with Gasteiger partial charge in [0.1, 0.15) is 6.10 Å². The molecule has 6 heteroatoms. The van der Waals surface area contributed by atoms with Crippen LogP contribution in [-0.4, -0.2) is 43.6 Å². The van der Waals surface area contributed by atoms with Gasteiger partial charge in [0.2, 0.25) is 5.91 Å². The maximum atomic E-state index is 12.6. The Labute approximate surface area is 142 Å². The lowest BCUT2D eigenvalue weighted by atomic mass is 9.96. The molecule has 0 saturated carbocycles. The third-order valence-corrected chi connectivity index (χ3v) is 4.56. The number of amides is 1. The van der Waals surface area contributed by atoms with Crippen LogP contribution in [0.1, 0.15) is 24.5 Å². The summed E-state index contributed by atoms with van der Waals surface area (Å²) in [4.78, 5) is 14.6. The highest BCUT2D eigenvalue weighted by Gasteiger charge is 2.30. The second-order valence-corrected chi connectivity index (χ2v) is 6.16. The molecule has 4 nitrogen and oxygen atoms in total. The van der Waals surface area contributed by atoms with Crippen molar-refractivity contribution in [3.63, 3.8) is 0 Å². The second-order valence-electron chi connectivity index (χ2n) is 5.72.